The van der Waals surface area contributed by atoms with Gasteiger partial charge < -0.3 is 10.6 Å². The van der Waals surface area contributed by atoms with E-state index in [1.807, 2.05) is 12.1 Å². The van der Waals surface area contributed by atoms with Gasteiger partial charge >= 0.3 is 0 Å². The van der Waals surface area contributed by atoms with Gasteiger partial charge in [0.2, 0.25) is 0 Å². The summed E-state index contributed by atoms with van der Waals surface area (Å²) in [4.78, 5) is 0.145. The monoisotopic (exact) mass is 459 g/mol. The van der Waals surface area contributed by atoms with Gasteiger partial charge in [0.1, 0.15) is 0 Å². The van der Waals surface area contributed by atoms with Crippen LogP contribution in [0.3, 0.4) is 0 Å². The molecule has 0 saturated heterocycles. The van der Waals surface area contributed by atoms with Crippen molar-refractivity contribution in [2.24, 2.45) is 0 Å². The highest BCUT2D eigenvalue weighted by Crippen LogP contribution is 2.21. The Kier molecular flexibility index (Phi) is 6.97. The number of anilines is 3. The van der Waals surface area contributed by atoms with Crippen molar-refractivity contribution >= 4 is 56.0 Å². The summed E-state index contributed by atoms with van der Waals surface area (Å²) in [5.41, 5.74) is 3.25. The van der Waals surface area contributed by atoms with Crippen LogP contribution in [0.1, 0.15) is 25.3 Å². The predicted octanol–water partition coefficient (Wildman–Crippen LogP) is 6.07. The molecule has 3 aromatic rings. The van der Waals surface area contributed by atoms with Crippen molar-refractivity contribution in [3.05, 3.63) is 83.4 Å². The van der Waals surface area contributed by atoms with Crippen molar-refractivity contribution in [2.75, 3.05) is 15.4 Å². The van der Waals surface area contributed by atoms with E-state index in [0.29, 0.717) is 27.4 Å². The van der Waals surface area contributed by atoms with Crippen LogP contribution in [0.2, 0.25) is 5.02 Å². The highest BCUT2D eigenvalue weighted by atomic mass is 35.5. The van der Waals surface area contributed by atoms with Crippen LogP contribution in [0.4, 0.5) is 17.1 Å². The summed E-state index contributed by atoms with van der Waals surface area (Å²) < 4.78 is 27.6. The molecule has 0 aliphatic rings. The Morgan fingerprint density at radius 3 is 1.77 bits per heavy atom. The first-order chi connectivity index (χ1) is 14.2. The molecule has 0 aliphatic heterocycles. The molecule has 0 saturated carbocycles. The Morgan fingerprint density at radius 1 is 0.800 bits per heavy atom. The topological polar surface area (TPSA) is 70.2 Å². The van der Waals surface area contributed by atoms with E-state index >= 15 is 0 Å². The summed E-state index contributed by atoms with van der Waals surface area (Å²) in [6.45, 7) is 4.28. The molecule has 0 bridgehead atoms. The van der Waals surface area contributed by atoms with Crippen molar-refractivity contribution < 1.29 is 8.42 Å². The minimum atomic E-state index is -3.70. The lowest BCUT2D eigenvalue weighted by molar-refractivity contribution is 0.601. The molecule has 156 valence electrons. The first-order valence-corrected chi connectivity index (χ1v) is 11.6. The Balaban J connectivity index is 1.61. The molecule has 0 amide bonds. The van der Waals surface area contributed by atoms with Crippen LogP contribution >= 0.6 is 23.8 Å². The van der Waals surface area contributed by atoms with Gasteiger partial charge in [-0.2, -0.15) is 0 Å². The molecule has 30 heavy (non-hydrogen) atoms. The van der Waals surface area contributed by atoms with Crippen LogP contribution in [0.25, 0.3) is 0 Å². The number of rotatable bonds is 6. The lowest BCUT2D eigenvalue weighted by atomic mass is 10.0. The molecular weight excluding hydrogens is 438 g/mol. The highest BCUT2D eigenvalue weighted by Gasteiger charge is 2.14. The van der Waals surface area contributed by atoms with Crippen LogP contribution in [0.5, 0.6) is 0 Å². The van der Waals surface area contributed by atoms with Gasteiger partial charge in [0.25, 0.3) is 10.0 Å². The molecule has 0 spiro atoms. The average Bonchev–Trinajstić information content (AvgIpc) is 2.70. The van der Waals surface area contributed by atoms with Crippen molar-refractivity contribution in [1.82, 2.24) is 0 Å². The summed E-state index contributed by atoms with van der Waals surface area (Å²) in [6.07, 6.45) is 0. The van der Waals surface area contributed by atoms with Gasteiger partial charge in [0, 0.05) is 22.1 Å². The lowest BCUT2D eigenvalue weighted by Gasteiger charge is -2.13. The Labute approximate surface area is 187 Å². The zero-order valence-electron chi connectivity index (χ0n) is 16.5. The van der Waals surface area contributed by atoms with E-state index < -0.39 is 10.0 Å². The number of nitrogens with one attached hydrogen (secondary N) is 3. The molecule has 0 aliphatic carbocycles. The molecule has 0 fully saturated rings. The molecule has 0 unspecified atom stereocenters. The molecule has 0 aromatic heterocycles. The Morgan fingerprint density at radius 2 is 1.27 bits per heavy atom. The quantitative estimate of drug-likeness (QED) is 0.390. The second-order valence-corrected chi connectivity index (χ2v) is 9.52. The molecular formula is C22H22ClN3O2S2. The van der Waals surface area contributed by atoms with Gasteiger partial charge in [-0.3, -0.25) is 4.72 Å². The number of hydrogen-bond donors (Lipinski definition) is 3. The van der Waals surface area contributed by atoms with Crippen molar-refractivity contribution in [2.45, 2.75) is 24.7 Å². The number of sulfonamides is 1. The number of benzene rings is 3. The summed E-state index contributed by atoms with van der Waals surface area (Å²) in [6, 6.07) is 20.9. The zero-order valence-corrected chi connectivity index (χ0v) is 18.9. The Hall–Kier alpha value is -2.61. The second kappa shape index (κ2) is 9.47. The van der Waals surface area contributed by atoms with Crippen molar-refractivity contribution in [3.8, 4) is 0 Å². The molecule has 3 aromatic carbocycles. The summed E-state index contributed by atoms with van der Waals surface area (Å²) >= 11 is 11.2. The fourth-order valence-corrected chi connectivity index (χ4v) is 4.11. The van der Waals surface area contributed by atoms with E-state index in [2.05, 4.69) is 41.3 Å². The van der Waals surface area contributed by atoms with Gasteiger partial charge in [-0.05, 0) is 84.4 Å². The maximum Gasteiger partial charge on any atom is 0.261 e. The van der Waals surface area contributed by atoms with E-state index in [4.69, 9.17) is 23.8 Å². The number of thiocarbonyl (C=S) groups is 1. The molecule has 0 heterocycles. The van der Waals surface area contributed by atoms with Gasteiger partial charge in [0.15, 0.2) is 5.11 Å². The normalized spacial score (nSPS) is 11.2. The summed E-state index contributed by atoms with van der Waals surface area (Å²) in [7, 11) is -3.70. The number of halogens is 1. The largest absolute Gasteiger partial charge is 0.332 e. The lowest BCUT2D eigenvalue weighted by Crippen LogP contribution is -2.19. The molecule has 8 heteroatoms. The SMILES string of the molecule is CC(C)c1ccc(NC(=S)Nc2ccc(S(=O)(=O)Nc3ccc(Cl)cc3)cc2)cc1. The minimum Gasteiger partial charge on any atom is -0.332 e. The molecule has 0 atom stereocenters. The zero-order chi connectivity index (χ0) is 21.7. The minimum absolute atomic E-state index is 0.145. The van der Waals surface area contributed by atoms with Crippen LogP contribution in [0.15, 0.2) is 77.7 Å². The van der Waals surface area contributed by atoms with Gasteiger partial charge in [-0.1, -0.05) is 37.6 Å². The first-order valence-electron chi connectivity index (χ1n) is 9.29. The van der Waals surface area contributed by atoms with Gasteiger partial charge in [-0.25, -0.2) is 8.42 Å². The fraction of sp³-hybridized carbons (Fsp3) is 0.136. The first kappa shape index (κ1) is 22.1. The van der Waals surface area contributed by atoms with E-state index in [0.717, 1.165) is 5.69 Å². The van der Waals surface area contributed by atoms with Gasteiger partial charge in [0.05, 0.1) is 4.90 Å². The third-order valence-corrected chi connectivity index (χ3v) is 6.21. The van der Waals surface area contributed by atoms with E-state index in [1.54, 1.807) is 36.4 Å². The summed E-state index contributed by atoms with van der Waals surface area (Å²) in [5, 5.41) is 7.12. The molecule has 3 N–H and O–H groups in total. The Bertz CT molecular complexity index is 1110. The van der Waals surface area contributed by atoms with Crippen molar-refractivity contribution in [3.63, 3.8) is 0 Å². The van der Waals surface area contributed by atoms with Crippen LogP contribution in [-0.4, -0.2) is 13.5 Å². The van der Waals surface area contributed by atoms with Gasteiger partial charge in [-0.15, -0.1) is 0 Å². The smallest absolute Gasteiger partial charge is 0.261 e. The third-order valence-electron chi connectivity index (χ3n) is 4.35. The van der Waals surface area contributed by atoms with Crippen LogP contribution in [0, 0.1) is 0 Å². The third kappa shape index (κ3) is 5.95. The average molecular weight is 460 g/mol. The van der Waals surface area contributed by atoms with Crippen LogP contribution < -0.4 is 15.4 Å². The standard InChI is InChI=1S/C22H22ClN3O2S2/c1-15(2)16-3-7-18(8-4-16)24-22(29)25-19-11-13-21(14-12-19)30(27,28)26-20-9-5-17(23)6-10-20/h3-15,26H,1-2H3,(H2,24,25,29). The molecule has 3 rings (SSSR count). The maximum atomic E-state index is 12.5. The number of hydrogen-bond acceptors (Lipinski definition) is 3. The van der Waals surface area contributed by atoms with E-state index in [-0.39, 0.29) is 4.90 Å². The predicted molar refractivity (Wildman–Crippen MR) is 129 cm³/mol. The second-order valence-electron chi connectivity index (χ2n) is 6.99. The van der Waals surface area contributed by atoms with E-state index in [9.17, 15) is 8.42 Å². The molecule has 5 nitrogen and oxygen atoms in total. The highest BCUT2D eigenvalue weighted by molar-refractivity contribution is 7.92. The maximum absolute atomic E-state index is 12.5. The van der Waals surface area contributed by atoms with Crippen LogP contribution in [-0.2, 0) is 10.0 Å². The van der Waals surface area contributed by atoms with E-state index in [1.165, 1.54) is 17.7 Å². The summed E-state index contributed by atoms with van der Waals surface area (Å²) in [5.74, 6) is 0.466. The fourth-order valence-electron chi connectivity index (χ4n) is 2.69. The molecule has 0 radical (unpaired) electrons. The van der Waals surface area contributed by atoms with Crippen molar-refractivity contribution in [1.29, 1.82) is 0 Å².